The van der Waals surface area contributed by atoms with E-state index in [0.717, 1.165) is 19.4 Å². The Hall–Kier alpha value is -0.530. The quantitative estimate of drug-likeness (QED) is 0.287. The van der Waals surface area contributed by atoms with Crippen LogP contribution >= 0.6 is 24.0 Å². The fraction of sp³-hybridized carbons (Fsp3) is 0.778. The molecule has 0 aromatic rings. The van der Waals surface area contributed by atoms with Crippen LogP contribution in [0.1, 0.15) is 26.7 Å². The third-order valence-corrected chi connectivity index (χ3v) is 1.60. The van der Waals surface area contributed by atoms with Gasteiger partial charge in [-0.15, -0.1) is 24.0 Å². The molecular formula is C9H21IN4O. The molecule has 0 unspecified atom stereocenters. The minimum absolute atomic E-state index is 0. The molecule has 0 saturated carbocycles. The van der Waals surface area contributed by atoms with Crippen LogP contribution in [0, 0.1) is 0 Å². The van der Waals surface area contributed by atoms with Gasteiger partial charge in [-0.05, 0) is 6.42 Å². The summed E-state index contributed by atoms with van der Waals surface area (Å²) in [5.74, 6) is 0.414. The Labute approximate surface area is 108 Å². The van der Waals surface area contributed by atoms with Gasteiger partial charge in [-0.25, -0.2) is 0 Å². The standard InChI is InChI=1S/C9H20N4O.HI/c1-3-4-5-12-9(10)13-7-6-11-8(2)14;/h3-7H2,1-2H3,(H,11,14)(H3,10,12,13);1H. The Morgan fingerprint density at radius 3 is 2.47 bits per heavy atom. The number of unbranched alkanes of at least 4 members (excludes halogenated alkanes) is 1. The van der Waals surface area contributed by atoms with Crippen molar-refractivity contribution in [3.63, 3.8) is 0 Å². The molecule has 5 nitrogen and oxygen atoms in total. The first kappa shape index (κ1) is 16.9. The number of rotatable bonds is 6. The molecule has 15 heavy (non-hydrogen) atoms. The van der Waals surface area contributed by atoms with E-state index >= 15 is 0 Å². The normalized spacial score (nSPS) is 10.4. The number of nitrogens with zero attached hydrogens (tertiary/aromatic N) is 1. The van der Waals surface area contributed by atoms with Crippen molar-refractivity contribution >= 4 is 35.8 Å². The molecule has 0 spiro atoms. The van der Waals surface area contributed by atoms with E-state index in [-0.39, 0.29) is 29.9 Å². The van der Waals surface area contributed by atoms with Gasteiger partial charge >= 0.3 is 0 Å². The minimum atomic E-state index is -0.0340. The number of nitrogens with one attached hydrogen (secondary N) is 2. The first-order chi connectivity index (χ1) is 6.66. The summed E-state index contributed by atoms with van der Waals surface area (Å²) in [6, 6.07) is 0. The molecule has 0 aliphatic heterocycles. The smallest absolute Gasteiger partial charge is 0.216 e. The first-order valence-electron chi connectivity index (χ1n) is 4.95. The second-order valence-electron chi connectivity index (χ2n) is 3.03. The van der Waals surface area contributed by atoms with Gasteiger partial charge in [0.05, 0.1) is 0 Å². The number of carbonyl (C=O) groups is 1. The lowest BCUT2D eigenvalue weighted by molar-refractivity contribution is -0.118. The van der Waals surface area contributed by atoms with Gasteiger partial charge < -0.3 is 16.4 Å². The lowest BCUT2D eigenvalue weighted by Crippen LogP contribution is -2.38. The van der Waals surface area contributed by atoms with E-state index in [4.69, 9.17) is 5.73 Å². The highest BCUT2D eigenvalue weighted by molar-refractivity contribution is 14.0. The summed E-state index contributed by atoms with van der Waals surface area (Å²) in [6.07, 6.45) is 2.16. The Balaban J connectivity index is 0. The summed E-state index contributed by atoms with van der Waals surface area (Å²) in [7, 11) is 0. The van der Waals surface area contributed by atoms with Crippen molar-refractivity contribution in [1.82, 2.24) is 10.6 Å². The maximum atomic E-state index is 10.5. The highest BCUT2D eigenvalue weighted by Crippen LogP contribution is 1.85. The van der Waals surface area contributed by atoms with Crippen LogP contribution in [0.25, 0.3) is 0 Å². The van der Waals surface area contributed by atoms with Gasteiger partial charge in [0, 0.05) is 26.6 Å². The highest BCUT2D eigenvalue weighted by Gasteiger charge is 1.92. The molecule has 6 heteroatoms. The number of halogens is 1. The predicted molar refractivity (Wildman–Crippen MR) is 73.5 cm³/mol. The third-order valence-electron chi connectivity index (χ3n) is 1.60. The highest BCUT2D eigenvalue weighted by atomic mass is 127. The van der Waals surface area contributed by atoms with E-state index in [1.54, 1.807) is 0 Å². The second-order valence-corrected chi connectivity index (χ2v) is 3.03. The Morgan fingerprint density at radius 1 is 1.33 bits per heavy atom. The van der Waals surface area contributed by atoms with Crippen molar-refractivity contribution in [3.05, 3.63) is 0 Å². The van der Waals surface area contributed by atoms with Gasteiger partial charge in [0.25, 0.3) is 0 Å². The predicted octanol–water partition coefficient (Wildman–Crippen LogP) is 0.445. The van der Waals surface area contributed by atoms with E-state index in [0.29, 0.717) is 19.0 Å². The lowest BCUT2D eigenvalue weighted by atomic mass is 10.3. The summed E-state index contributed by atoms with van der Waals surface area (Å²) in [5.41, 5.74) is 5.56. The fourth-order valence-corrected chi connectivity index (χ4v) is 0.843. The van der Waals surface area contributed by atoms with E-state index in [2.05, 4.69) is 22.5 Å². The van der Waals surface area contributed by atoms with Gasteiger partial charge in [0.15, 0.2) is 5.96 Å². The average Bonchev–Trinajstić information content (AvgIpc) is 2.13. The summed E-state index contributed by atoms with van der Waals surface area (Å²) in [5, 5.41) is 5.57. The number of carbonyl (C=O) groups excluding carboxylic acids is 1. The molecule has 0 saturated heterocycles. The van der Waals surface area contributed by atoms with Crippen molar-refractivity contribution in [2.45, 2.75) is 26.7 Å². The van der Waals surface area contributed by atoms with Crippen molar-refractivity contribution in [2.75, 3.05) is 19.6 Å². The van der Waals surface area contributed by atoms with Gasteiger partial charge in [-0.2, -0.15) is 0 Å². The Morgan fingerprint density at radius 2 is 1.93 bits per heavy atom. The van der Waals surface area contributed by atoms with Crippen molar-refractivity contribution in [2.24, 2.45) is 10.7 Å². The maximum Gasteiger partial charge on any atom is 0.216 e. The number of hydrogen-bond donors (Lipinski definition) is 3. The number of hydrogen-bond acceptors (Lipinski definition) is 2. The van der Waals surface area contributed by atoms with Crippen molar-refractivity contribution < 1.29 is 4.79 Å². The van der Waals surface area contributed by atoms with Crippen molar-refractivity contribution in [3.8, 4) is 0 Å². The molecule has 0 atom stereocenters. The average molecular weight is 328 g/mol. The van der Waals surface area contributed by atoms with E-state index in [1.807, 2.05) is 0 Å². The molecule has 0 aromatic carbocycles. The zero-order chi connectivity index (χ0) is 10.8. The zero-order valence-electron chi connectivity index (χ0n) is 9.38. The van der Waals surface area contributed by atoms with E-state index in [9.17, 15) is 4.79 Å². The van der Waals surface area contributed by atoms with E-state index < -0.39 is 0 Å². The number of aliphatic imine (C=N–C) groups is 1. The molecule has 0 radical (unpaired) electrons. The molecule has 0 heterocycles. The van der Waals surface area contributed by atoms with Crippen molar-refractivity contribution in [1.29, 1.82) is 0 Å². The van der Waals surface area contributed by atoms with E-state index in [1.165, 1.54) is 6.92 Å². The fourth-order valence-electron chi connectivity index (χ4n) is 0.843. The zero-order valence-corrected chi connectivity index (χ0v) is 11.7. The molecule has 0 aliphatic rings. The molecule has 4 N–H and O–H groups in total. The summed E-state index contributed by atoms with van der Waals surface area (Å²) < 4.78 is 0. The Bertz CT molecular complexity index is 197. The maximum absolute atomic E-state index is 10.5. The lowest BCUT2D eigenvalue weighted by Gasteiger charge is -2.05. The molecule has 90 valence electrons. The summed E-state index contributed by atoms with van der Waals surface area (Å²) in [6.45, 7) is 5.53. The minimum Gasteiger partial charge on any atom is -0.370 e. The molecular weight excluding hydrogens is 307 g/mol. The monoisotopic (exact) mass is 328 g/mol. The first-order valence-corrected chi connectivity index (χ1v) is 4.95. The largest absolute Gasteiger partial charge is 0.370 e. The van der Waals surface area contributed by atoms with Crippen LogP contribution in [-0.2, 0) is 4.79 Å². The van der Waals surface area contributed by atoms with Crippen LogP contribution < -0.4 is 16.4 Å². The van der Waals surface area contributed by atoms with Gasteiger partial charge in [0.1, 0.15) is 0 Å². The topological polar surface area (TPSA) is 79.5 Å². The SMILES string of the molecule is CCCCN=C(N)NCCNC(C)=O.I. The van der Waals surface area contributed by atoms with Crippen LogP contribution in [0.3, 0.4) is 0 Å². The van der Waals surface area contributed by atoms with Gasteiger partial charge in [-0.3, -0.25) is 9.79 Å². The molecule has 0 rings (SSSR count). The second kappa shape index (κ2) is 11.5. The van der Waals surface area contributed by atoms with Crippen LogP contribution in [0.5, 0.6) is 0 Å². The molecule has 0 aromatic heterocycles. The van der Waals surface area contributed by atoms with Crippen LogP contribution in [0.15, 0.2) is 4.99 Å². The van der Waals surface area contributed by atoms with Gasteiger partial charge in [0.2, 0.25) is 5.91 Å². The molecule has 0 fully saturated rings. The van der Waals surface area contributed by atoms with Crippen LogP contribution in [0.2, 0.25) is 0 Å². The molecule has 1 amide bonds. The summed E-state index contributed by atoms with van der Waals surface area (Å²) >= 11 is 0. The third kappa shape index (κ3) is 13.5. The number of guanidine groups is 1. The van der Waals surface area contributed by atoms with Gasteiger partial charge in [-0.1, -0.05) is 13.3 Å². The van der Waals surface area contributed by atoms with Crippen LogP contribution in [0.4, 0.5) is 0 Å². The molecule has 0 bridgehead atoms. The number of amides is 1. The Kier molecular flexibility index (Phi) is 13.0. The number of nitrogens with two attached hydrogens (primary N) is 1. The summed E-state index contributed by atoms with van der Waals surface area (Å²) in [4.78, 5) is 14.6. The van der Waals surface area contributed by atoms with Crippen LogP contribution in [-0.4, -0.2) is 31.5 Å². The molecule has 0 aliphatic carbocycles.